The van der Waals surface area contributed by atoms with Gasteiger partial charge >= 0.3 is 0 Å². The number of benzene rings is 1. The summed E-state index contributed by atoms with van der Waals surface area (Å²) in [5, 5.41) is 19.2. The quantitative estimate of drug-likeness (QED) is 0.722. The fraction of sp³-hybridized carbons (Fsp3) is 0.100. The van der Waals surface area contributed by atoms with Gasteiger partial charge in [0.1, 0.15) is 11.4 Å². The minimum atomic E-state index is -0.146. The van der Waals surface area contributed by atoms with Crippen LogP contribution >= 0.6 is 0 Å². The van der Waals surface area contributed by atoms with Crippen LogP contribution in [0.4, 0.5) is 0 Å². The summed E-state index contributed by atoms with van der Waals surface area (Å²) in [5.74, 6) is 0.0263. The van der Waals surface area contributed by atoms with E-state index >= 15 is 0 Å². The summed E-state index contributed by atoms with van der Waals surface area (Å²) in [5.41, 5.74) is 1.55. The van der Waals surface area contributed by atoms with E-state index in [-0.39, 0.29) is 11.5 Å². The molecular weight excluding hydrogens is 194 g/mol. The second kappa shape index (κ2) is 3.53. The van der Waals surface area contributed by atoms with Crippen LogP contribution in [0.3, 0.4) is 0 Å². The van der Waals surface area contributed by atoms with Gasteiger partial charge in [0.05, 0.1) is 0 Å². The lowest BCUT2D eigenvalue weighted by molar-refractivity contribution is 0.101. The van der Waals surface area contributed by atoms with Crippen molar-refractivity contribution in [1.29, 1.82) is 0 Å². The van der Waals surface area contributed by atoms with Crippen LogP contribution < -0.4 is 0 Å². The van der Waals surface area contributed by atoms with Gasteiger partial charge in [-0.15, -0.1) is 0 Å². The Morgan fingerprint density at radius 2 is 1.93 bits per heavy atom. The molecule has 0 bridgehead atoms. The molecule has 76 valence electrons. The zero-order chi connectivity index (χ0) is 10.8. The molecule has 1 aromatic heterocycles. The van der Waals surface area contributed by atoms with Crippen LogP contribution in [0.25, 0.3) is 11.3 Å². The molecule has 1 aromatic carbocycles. The zero-order valence-corrected chi connectivity index (χ0v) is 8.06. The number of aromatic amines is 1. The maximum absolute atomic E-state index is 11.2. The van der Waals surface area contributed by atoms with Crippen molar-refractivity contribution in [3.05, 3.63) is 30.0 Å². The van der Waals surface area contributed by atoms with E-state index in [9.17, 15) is 4.79 Å². The minimum Gasteiger partial charge on any atom is -0.508 e. The molecule has 5 nitrogen and oxygen atoms in total. The molecule has 0 aliphatic rings. The number of phenolic OH excluding ortho intramolecular Hbond substituents is 1. The van der Waals surface area contributed by atoms with Gasteiger partial charge in [0.15, 0.2) is 11.5 Å². The predicted octanol–water partition coefficient (Wildman–Crippen LogP) is 1.38. The topological polar surface area (TPSA) is 78.9 Å². The summed E-state index contributed by atoms with van der Waals surface area (Å²) >= 11 is 0. The third-order valence-electron chi connectivity index (χ3n) is 2.02. The Morgan fingerprint density at radius 1 is 1.27 bits per heavy atom. The number of rotatable bonds is 2. The highest BCUT2D eigenvalue weighted by atomic mass is 16.3. The summed E-state index contributed by atoms with van der Waals surface area (Å²) in [6, 6.07) is 6.43. The molecule has 0 aliphatic carbocycles. The normalized spacial score (nSPS) is 10.2. The summed E-state index contributed by atoms with van der Waals surface area (Å²) in [6.45, 7) is 1.43. The number of phenols is 1. The number of nitrogens with one attached hydrogen (secondary N) is 1. The fourth-order valence-electron chi connectivity index (χ4n) is 1.30. The van der Waals surface area contributed by atoms with Crippen LogP contribution in [0.5, 0.6) is 5.75 Å². The van der Waals surface area contributed by atoms with Crippen LogP contribution in [-0.2, 0) is 0 Å². The van der Waals surface area contributed by atoms with Crippen LogP contribution in [-0.4, -0.2) is 26.3 Å². The van der Waals surface area contributed by atoms with Gasteiger partial charge in [-0.05, 0) is 24.3 Å². The lowest BCUT2D eigenvalue weighted by Gasteiger charge is -1.97. The van der Waals surface area contributed by atoms with Crippen molar-refractivity contribution >= 4 is 5.78 Å². The van der Waals surface area contributed by atoms with Gasteiger partial charge in [0.25, 0.3) is 0 Å². The number of ketones is 1. The van der Waals surface area contributed by atoms with Gasteiger partial charge in [-0.3, -0.25) is 4.79 Å². The number of hydrogen-bond acceptors (Lipinski definition) is 4. The number of H-pyrrole nitrogens is 1. The smallest absolute Gasteiger partial charge is 0.182 e. The predicted molar refractivity (Wildman–Crippen MR) is 53.5 cm³/mol. The Kier molecular flexibility index (Phi) is 2.21. The molecular formula is C10H9N3O2. The van der Waals surface area contributed by atoms with E-state index in [1.165, 1.54) is 19.1 Å². The largest absolute Gasteiger partial charge is 0.508 e. The van der Waals surface area contributed by atoms with Gasteiger partial charge in [-0.2, -0.15) is 15.4 Å². The highest BCUT2D eigenvalue weighted by molar-refractivity contribution is 5.97. The highest BCUT2D eigenvalue weighted by Gasteiger charge is 2.13. The number of Topliss-reactive ketones (excluding diaryl/α,β-unsaturated/α-hetero) is 1. The molecule has 15 heavy (non-hydrogen) atoms. The Hall–Kier alpha value is -2.17. The standard InChI is InChI=1S/C10H9N3O2/c1-6(14)9-10(12-13-11-9)7-2-4-8(15)5-3-7/h2-5,15H,1H3,(H,11,12,13). The molecule has 1 heterocycles. The van der Waals surface area contributed by atoms with Crippen molar-refractivity contribution in [2.75, 3.05) is 0 Å². The third-order valence-corrected chi connectivity index (χ3v) is 2.02. The van der Waals surface area contributed by atoms with Crippen LogP contribution in [0.15, 0.2) is 24.3 Å². The monoisotopic (exact) mass is 203 g/mol. The van der Waals surface area contributed by atoms with Crippen molar-refractivity contribution < 1.29 is 9.90 Å². The van der Waals surface area contributed by atoms with Crippen molar-refractivity contribution in [3.63, 3.8) is 0 Å². The molecule has 0 amide bonds. The van der Waals surface area contributed by atoms with E-state index in [2.05, 4.69) is 15.4 Å². The molecule has 0 saturated heterocycles. The Labute approximate surface area is 85.8 Å². The maximum Gasteiger partial charge on any atom is 0.182 e. The van der Waals surface area contributed by atoms with Gasteiger partial charge in [0.2, 0.25) is 0 Å². The molecule has 2 aromatic rings. The van der Waals surface area contributed by atoms with Crippen molar-refractivity contribution in [3.8, 4) is 17.0 Å². The molecule has 5 heteroatoms. The van der Waals surface area contributed by atoms with Crippen molar-refractivity contribution in [1.82, 2.24) is 15.4 Å². The molecule has 0 atom stereocenters. The SMILES string of the molecule is CC(=O)c1n[nH]nc1-c1ccc(O)cc1. The molecule has 0 radical (unpaired) electrons. The summed E-state index contributed by atoms with van der Waals surface area (Å²) < 4.78 is 0. The summed E-state index contributed by atoms with van der Waals surface area (Å²) in [4.78, 5) is 11.2. The second-order valence-corrected chi connectivity index (χ2v) is 3.12. The second-order valence-electron chi connectivity index (χ2n) is 3.12. The van der Waals surface area contributed by atoms with Crippen LogP contribution in [0.2, 0.25) is 0 Å². The van der Waals surface area contributed by atoms with E-state index in [4.69, 9.17) is 5.11 Å². The average Bonchev–Trinajstić information content (AvgIpc) is 2.67. The molecule has 2 rings (SSSR count). The third kappa shape index (κ3) is 1.71. The molecule has 0 spiro atoms. The summed E-state index contributed by atoms with van der Waals surface area (Å²) in [7, 11) is 0. The van der Waals surface area contributed by atoms with Gasteiger partial charge < -0.3 is 5.11 Å². The molecule has 2 N–H and O–H groups in total. The average molecular weight is 203 g/mol. The minimum absolute atomic E-state index is 0.146. The lowest BCUT2D eigenvalue weighted by atomic mass is 10.1. The number of nitrogens with zero attached hydrogens (tertiary/aromatic N) is 2. The van der Waals surface area contributed by atoms with Gasteiger partial charge in [-0.25, -0.2) is 0 Å². The van der Waals surface area contributed by atoms with Crippen LogP contribution in [0, 0.1) is 0 Å². The van der Waals surface area contributed by atoms with Crippen LogP contribution in [0.1, 0.15) is 17.4 Å². The first-order chi connectivity index (χ1) is 7.18. The number of aromatic nitrogens is 3. The Bertz CT molecular complexity index is 488. The van der Waals surface area contributed by atoms with E-state index < -0.39 is 0 Å². The fourth-order valence-corrected chi connectivity index (χ4v) is 1.30. The van der Waals surface area contributed by atoms with E-state index in [0.29, 0.717) is 11.4 Å². The van der Waals surface area contributed by atoms with Crippen molar-refractivity contribution in [2.45, 2.75) is 6.92 Å². The van der Waals surface area contributed by atoms with Gasteiger partial charge in [-0.1, -0.05) is 0 Å². The van der Waals surface area contributed by atoms with Crippen molar-refractivity contribution in [2.24, 2.45) is 0 Å². The first-order valence-corrected chi connectivity index (χ1v) is 4.39. The number of carbonyl (C=O) groups is 1. The van der Waals surface area contributed by atoms with E-state index in [0.717, 1.165) is 5.56 Å². The Morgan fingerprint density at radius 3 is 2.53 bits per heavy atom. The molecule has 0 fully saturated rings. The first-order valence-electron chi connectivity index (χ1n) is 4.39. The highest BCUT2D eigenvalue weighted by Crippen LogP contribution is 2.21. The lowest BCUT2D eigenvalue weighted by Crippen LogP contribution is -1.95. The molecule has 0 saturated carbocycles. The number of aromatic hydroxyl groups is 1. The van der Waals surface area contributed by atoms with E-state index in [1.807, 2.05) is 0 Å². The molecule has 0 unspecified atom stereocenters. The van der Waals surface area contributed by atoms with E-state index in [1.54, 1.807) is 12.1 Å². The number of carbonyl (C=O) groups excluding carboxylic acids is 1. The maximum atomic E-state index is 11.2. The zero-order valence-electron chi connectivity index (χ0n) is 8.06. The first kappa shape index (κ1) is 9.39. The molecule has 0 aliphatic heterocycles. The Balaban J connectivity index is 2.49. The number of hydrogen-bond donors (Lipinski definition) is 2. The van der Waals surface area contributed by atoms with Gasteiger partial charge in [0, 0.05) is 12.5 Å². The summed E-state index contributed by atoms with van der Waals surface area (Å²) in [6.07, 6.45) is 0.